The van der Waals surface area contributed by atoms with Crippen LogP contribution in [0.1, 0.15) is 12.8 Å². The standard InChI is InChI=1S/C17H27N3O3S/c1-19(15-7-4-3-5-8-15)11-6-10-18-17(21)13-20(2)16-9-12-24(22,23)14-16/h3-5,7-8,16H,6,9-14H2,1-2H3,(H,18,21)/t16-/m1/s1. The molecule has 1 aliphatic rings. The Hall–Kier alpha value is -1.60. The van der Waals surface area contributed by atoms with Crippen LogP contribution >= 0.6 is 0 Å². The highest BCUT2D eigenvalue weighted by atomic mass is 32.2. The Morgan fingerprint density at radius 2 is 1.96 bits per heavy atom. The van der Waals surface area contributed by atoms with Gasteiger partial charge in [-0.1, -0.05) is 18.2 Å². The maximum absolute atomic E-state index is 12.0. The van der Waals surface area contributed by atoms with Gasteiger partial charge in [0.25, 0.3) is 0 Å². The molecule has 1 fully saturated rings. The van der Waals surface area contributed by atoms with Crippen molar-refractivity contribution in [1.29, 1.82) is 0 Å². The van der Waals surface area contributed by atoms with Crippen LogP contribution in [0.2, 0.25) is 0 Å². The van der Waals surface area contributed by atoms with E-state index < -0.39 is 9.84 Å². The van der Waals surface area contributed by atoms with Gasteiger partial charge in [0.15, 0.2) is 9.84 Å². The number of benzene rings is 1. The summed E-state index contributed by atoms with van der Waals surface area (Å²) >= 11 is 0. The van der Waals surface area contributed by atoms with E-state index in [1.54, 1.807) is 0 Å². The first kappa shape index (κ1) is 18.7. The lowest BCUT2D eigenvalue weighted by Crippen LogP contribution is -2.41. The number of hydrogen-bond acceptors (Lipinski definition) is 5. The molecule has 1 aromatic rings. The van der Waals surface area contributed by atoms with Crippen molar-refractivity contribution in [3.8, 4) is 0 Å². The Bertz CT molecular complexity index is 634. The zero-order chi connectivity index (χ0) is 17.6. The molecule has 0 bridgehead atoms. The number of nitrogens with one attached hydrogen (secondary N) is 1. The van der Waals surface area contributed by atoms with Gasteiger partial charge in [0.1, 0.15) is 0 Å². The fourth-order valence-electron chi connectivity index (χ4n) is 2.89. The summed E-state index contributed by atoms with van der Waals surface area (Å²) in [6.45, 7) is 1.72. The molecule has 0 aromatic heterocycles. The maximum atomic E-state index is 12.0. The van der Waals surface area contributed by atoms with E-state index in [1.807, 2.05) is 37.2 Å². The van der Waals surface area contributed by atoms with E-state index in [2.05, 4.69) is 22.3 Å². The molecule has 24 heavy (non-hydrogen) atoms. The van der Waals surface area contributed by atoms with Crippen LogP contribution in [-0.2, 0) is 14.6 Å². The minimum absolute atomic E-state index is 0.0371. The monoisotopic (exact) mass is 353 g/mol. The third kappa shape index (κ3) is 5.79. The molecule has 0 spiro atoms. The molecular weight excluding hydrogens is 326 g/mol. The normalized spacial score (nSPS) is 19.4. The summed E-state index contributed by atoms with van der Waals surface area (Å²) in [5, 5.41) is 2.91. The maximum Gasteiger partial charge on any atom is 0.234 e. The van der Waals surface area contributed by atoms with Crippen LogP contribution in [0, 0.1) is 0 Å². The van der Waals surface area contributed by atoms with Gasteiger partial charge in [0.2, 0.25) is 5.91 Å². The molecule has 1 aromatic carbocycles. The first-order chi connectivity index (χ1) is 11.4. The summed E-state index contributed by atoms with van der Waals surface area (Å²) in [6, 6.07) is 10.1. The zero-order valence-corrected chi connectivity index (χ0v) is 15.3. The number of amides is 1. The van der Waals surface area contributed by atoms with Crippen LogP contribution in [-0.4, -0.2) is 70.5 Å². The third-order valence-electron chi connectivity index (χ3n) is 4.41. The lowest BCUT2D eigenvalue weighted by Gasteiger charge is -2.22. The van der Waals surface area contributed by atoms with Crippen molar-refractivity contribution in [2.75, 3.05) is 50.1 Å². The van der Waals surface area contributed by atoms with E-state index >= 15 is 0 Å². The van der Waals surface area contributed by atoms with E-state index in [0.29, 0.717) is 13.0 Å². The first-order valence-electron chi connectivity index (χ1n) is 8.31. The zero-order valence-electron chi connectivity index (χ0n) is 14.4. The van der Waals surface area contributed by atoms with E-state index in [1.165, 1.54) is 0 Å². The van der Waals surface area contributed by atoms with Crippen LogP contribution in [0.25, 0.3) is 0 Å². The molecule has 134 valence electrons. The van der Waals surface area contributed by atoms with Gasteiger partial charge in [-0.3, -0.25) is 9.69 Å². The number of sulfone groups is 1. The lowest BCUT2D eigenvalue weighted by molar-refractivity contribution is -0.122. The topological polar surface area (TPSA) is 69.7 Å². The van der Waals surface area contributed by atoms with Gasteiger partial charge in [0.05, 0.1) is 18.1 Å². The van der Waals surface area contributed by atoms with Gasteiger partial charge in [-0.15, -0.1) is 0 Å². The smallest absolute Gasteiger partial charge is 0.234 e. The van der Waals surface area contributed by atoms with Crippen molar-refractivity contribution >= 4 is 21.4 Å². The summed E-state index contributed by atoms with van der Waals surface area (Å²) in [5.41, 5.74) is 1.16. The quantitative estimate of drug-likeness (QED) is 0.699. The summed E-state index contributed by atoms with van der Waals surface area (Å²) in [5.74, 6) is 0.345. The molecule has 1 saturated heterocycles. The first-order valence-corrected chi connectivity index (χ1v) is 10.1. The average Bonchev–Trinajstić information content (AvgIpc) is 2.92. The molecule has 0 radical (unpaired) electrons. The molecule has 1 N–H and O–H groups in total. The van der Waals surface area contributed by atoms with Gasteiger partial charge in [-0.05, 0) is 32.0 Å². The number of likely N-dealkylation sites (N-methyl/N-ethyl adjacent to an activating group) is 1. The predicted octanol–water partition coefficient (Wildman–Crippen LogP) is 0.748. The second kappa shape index (κ2) is 8.48. The largest absolute Gasteiger partial charge is 0.375 e. The minimum atomic E-state index is -2.91. The second-order valence-electron chi connectivity index (χ2n) is 6.43. The number of carbonyl (C=O) groups excluding carboxylic acids is 1. The van der Waals surface area contributed by atoms with Gasteiger partial charge in [-0.2, -0.15) is 0 Å². The SMILES string of the molecule is CN(CCCNC(=O)CN(C)[C@@H]1CCS(=O)(=O)C1)c1ccccc1. The van der Waals surface area contributed by atoms with E-state index in [9.17, 15) is 13.2 Å². The highest BCUT2D eigenvalue weighted by Crippen LogP contribution is 2.16. The molecule has 1 amide bonds. The van der Waals surface area contributed by atoms with Crippen LogP contribution in [0.15, 0.2) is 30.3 Å². The molecule has 1 atom stereocenters. The summed E-state index contributed by atoms with van der Waals surface area (Å²) < 4.78 is 23.0. The Balaban J connectivity index is 1.63. The second-order valence-corrected chi connectivity index (χ2v) is 8.66. The van der Waals surface area contributed by atoms with Gasteiger partial charge in [-0.25, -0.2) is 8.42 Å². The van der Waals surface area contributed by atoms with Gasteiger partial charge in [0, 0.05) is 31.9 Å². The van der Waals surface area contributed by atoms with Crippen LogP contribution in [0.3, 0.4) is 0 Å². The Morgan fingerprint density at radius 1 is 1.25 bits per heavy atom. The number of carbonyl (C=O) groups is 1. The average molecular weight is 353 g/mol. The van der Waals surface area contributed by atoms with Gasteiger partial charge < -0.3 is 10.2 Å². The summed E-state index contributed by atoms with van der Waals surface area (Å²) in [7, 11) is 0.935. The molecule has 6 nitrogen and oxygen atoms in total. The molecule has 7 heteroatoms. The van der Waals surface area contributed by atoms with E-state index in [4.69, 9.17) is 0 Å². The van der Waals surface area contributed by atoms with Gasteiger partial charge >= 0.3 is 0 Å². The van der Waals surface area contributed by atoms with Crippen LogP contribution in [0.4, 0.5) is 5.69 Å². The van der Waals surface area contributed by atoms with Crippen molar-refractivity contribution < 1.29 is 13.2 Å². The predicted molar refractivity (Wildman–Crippen MR) is 97.0 cm³/mol. The van der Waals surface area contributed by atoms with E-state index in [-0.39, 0.29) is 30.0 Å². The summed E-state index contributed by atoms with van der Waals surface area (Å²) in [6.07, 6.45) is 1.48. The fourth-order valence-corrected chi connectivity index (χ4v) is 4.70. The Kier molecular flexibility index (Phi) is 6.62. The van der Waals surface area contributed by atoms with Crippen LogP contribution in [0.5, 0.6) is 0 Å². The van der Waals surface area contributed by atoms with E-state index in [0.717, 1.165) is 18.7 Å². The lowest BCUT2D eigenvalue weighted by atomic mass is 10.2. The Labute approximate surface area is 144 Å². The number of para-hydroxylation sites is 1. The number of anilines is 1. The highest BCUT2D eigenvalue weighted by molar-refractivity contribution is 7.91. The third-order valence-corrected chi connectivity index (χ3v) is 6.16. The van der Waals surface area contributed by atoms with Crippen molar-refractivity contribution in [3.05, 3.63) is 30.3 Å². The molecule has 0 aliphatic carbocycles. The number of nitrogens with zero attached hydrogens (tertiary/aromatic N) is 2. The molecule has 0 saturated carbocycles. The molecule has 2 rings (SSSR count). The summed E-state index contributed by atoms with van der Waals surface area (Å²) in [4.78, 5) is 16.0. The van der Waals surface area contributed by atoms with Crippen LogP contribution < -0.4 is 10.2 Å². The fraction of sp³-hybridized carbons (Fsp3) is 0.588. The highest BCUT2D eigenvalue weighted by Gasteiger charge is 2.31. The van der Waals surface area contributed by atoms with Crippen molar-refractivity contribution in [3.63, 3.8) is 0 Å². The molecule has 1 heterocycles. The van der Waals surface area contributed by atoms with Crippen molar-refractivity contribution in [2.45, 2.75) is 18.9 Å². The molecule has 0 unspecified atom stereocenters. The van der Waals surface area contributed by atoms with Crippen molar-refractivity contribution in [1.82, 2.24) is 10.2 Å². The van der Waals surface area contributed by atoms with Crippen molar-refractivity contribution in [2.24, 2.45) is 0 Å². The Morgan fingerprint density at radius 3 is 2.58 bits per heavy atom. The molecular formula is C17H27N3O3S. The number of hydrogen-bond donors (Lipinski definition) is 1. The minimum Gasteiger partial charge on any atom is -0.375 e. The number of rotatable bonds is 8. The molecule has 1 aliphatic heterocycles.